The molecule has 0 fully saturated rings. The predicted octanol–water partition coefficient (Wildman–Crippen LogP) is 7.81. The van der Waals surface area contributed by atoms with E-state index in [1.165, 1.54) is 0 Å². The molecule has 47 heavy (non-hydrogen) atoms. The second-order valence-electron chi connectivity index (χ2n) is 11.6. The van der Waals surface area contributed by atoms with Gasteiger partial charge in [-0.2, -0.15) is 5.10 Å². The summed E-state index contributed by atoms with van der Waals surface area (Å²) in [6, 6.07) is 28.5. The maximum absolute atomic E-state index is 13.6. The third kappa shape index (κ3) is 7.53. The molecule has 1 amide bonds. The first-order valence-corrected chi connectivity index (χ1v) is 15.8. The first-order valence-electron chi connectivity index (χ1n) is 15.8. The predicted molar refractivity (Wildman–Crippen MR) is 187 cm³/mol. The van der Waals surface area contributed by atoms with Crippen LogP contribution in [0.4, 0.5) is 5.69 Å². The van der Waals surface area contributed by atoms with E-state index in [9.17, 15) is 9.59 Å². The average Bonchev–Trinajstić information content (AvgIpc) is 3.52. The lowest BCUT2D eigenvalue weighted by molar-refractivity contribution is -0.671. The summed E-state index contributed by atoms with van der Waals surface area (Å²) in [5.41, 5.74) is 8.74. The number of pyridine rings is 1. The van der Waals surface area contributed by atoms with Crippen molar-refractivity contribution in [2.24, 2.45) is 7.05 Å². The second-order valence-corrected chi connectivity index (χ2v) is 11.6. The highest BCUT2D eigenvalue weighted by molar-refractivity contribution is 6.00. The number of allylic oxidation sites excluding steroid dienone is 4. The molecule has 0 atom stereocenters. The molecule has 6 rings (SSSR count). The van der Waals surface area contributed by atoms with Crippen molar-refractivity contribution >= 4 is 29.7 Å². The van der Waals surface area contributed by atoms with Gasteiger partial charge in [0.1, 0.15) is 12.7 Å². The topological polar surface area (TPSA) is 79.3 Å². The Hall–Kier alpha value is -5.82. The molecule has 7 heteroatoms. The van der Waals surface area contributed by atoms with Crippen LogP contribution in [0.2, 0.25) is 0 Å². The van der Waals surface area contributed by atoms with Gasteiger partial charge >= 0.3 is 5.97 Å². The zero-order valence-corrected chi connectivity index (χ0v) is 26.4. The SMILES string of the molecule is C[n+]1ccc(/C=C/C=C/C=C/c2ccc(-n3cc4c(n3)-c3ccccc3CN(C(=O)CCCCC(=O)O)c3ccccc3-4)cc2)cc1. The number of benzene rings is 3. The molecule has 0 saturated heterocycles. The van der Waals surface area contributed by atoms with Crippen LogP contribution in [0.15, 0.2) is 128 Å². The molecule has 3 heterocycles. The number of rotatable bonds is 10. The summed E-state index contributed by atoms with van der Waals surface area (Å²) in [6.45, 7) is 0.410. The number of nitrogens with zero attached hydrogens (tertiary/aromatic N) is 4. The van der Waals surface area contributed by atoms with Crippen LogP contribution in [-0.4, -0.2) is 26.8 Å². The van der Waals surface area contributed by atoms with Crippen LogP contribution >= 0.6 is 0 Å². The Balaban J connectivity index is 1.24. The van der Waals surface area contributed by atoms with E-state index >= 15 is 0 Å². The van der Waals surface area contributed by atoms with Crippen LogP contribution in [0.25, 0.3) is 40.2 Å². The van der Waals surface area contributed by atoms with Crippen LogP contribution in [-0.2, 0) is 23.2 Å². The minimum Gasteiger partial charge on any atom is -0.481 e. The van der Waals surface area contributed by atoms with Crippen LogP contribution in [0.5, 0.6) is 0 Å². The van der Waals surface area contributed by atoms with Gasteiger partial charge in [0.15, 0.2) is 12.4 Å². The Labute approximate surface area is 275 Å². The van der Waals surface area contributed by atoms with Gasteiger partial charge in [0.25, 0.3) is 0 Å². The Bertz CT molecular complexity index is 1970. The number of aryl methyl sites for hydroxylation is 1. The molecule has 0 spiro atoms. The van der Waals surface area contributed by atoms with E-state index in [1.54, 1.807) is 0 Å². The number of hydrogen-bond donors (Lipinski definition) is 1. The summed E-state index contributed by atoms with van der Waals surface area (Å²) in [4.78, 5) is 26.4. The monoisotopic (exact) mass is 621 g/mol. The fraction of sp³-hybridized carbons (Fsp3) is 0.150. The van der Waals surface area contributed by atoms with Crippen molar-refractivity contribution in [2.75, 3.05) is 4.90 Å². The lowest BCUT2D eigenvalue weighted by Gasteiger charge is -2.28. The van der Waals surface area contributed by atoms with Crippen molar-refractivity contribution in [1.82, 2.24) is 9.78 Å². The number of anilines is 1. The summed E-state index contributed by atoms with van der Waals surface area (Å²) >= 11 is 0. The van der Waals surface area contributed by atoms with Gasteiger partial charge in [-0.1, -0.05) is 91.1 Å². The standard InChI is InChI=1S/C40H36N4O3/c1-42-26-24-31(25-27-42)13-5-3-2-4-12-30-20-22-33(23-21-30)44-29-36-35-16-8-9-17-37(35)43(38(45)18-10-11-19-39(46)47)28-32-14-6-7-15-34(32)40(36)41-44/h2-9,12-17,20-27,29H,10-11,18-19,28H2,1H3/p+1. The number of amides is 1. The van der Waals surface area contributed by atoms with Crippen LogP contribution in [0.3, 0.4) is 0 Å². The zero-order valence-electron chi connectivity index (χ0n) is 26.4. The van der Waals surface area contributed by atoms with E-state index in [-0.39, 0.29) is 18.7 Å². The normalized spacial score (nSPS) is 12.6. The van der Waals surface area contributed by atoms with Crippen molar-refractivity contribution in [3.8, 4) is 28.1 Å². The van der Waals surface area contributed by atoms with Gasteiger partial charge in [0.05, 0.1) is 17.9 Å². The van der Waals surface area contributed by atoms with Crippen molar-refractivity contribution < 1.29 is 19.3 Å². The van der Waals surface area contributed by atoms with Crippen LogP contribution in [0.1, 0.15) is 42.4 Å². The molecule has 1 aliphatic heterocycles. The molecule has 0 aliphatic carbocycles. The van der Waals surface area contributed by atoms with Gasteiger partial charge in [-0.25, -0.2) is 9.25 Å². The van der Waals surface area contributed by atoms with Crippen molar-refractivity contribution in [2.45, 2.75) is 32.2 Å². The van der Waals surface area contributed by atoms with Gasteiger partial charge < -0.3 is 10.0 Å². The molecule has 0 unspecified atom stereocenters. The number of fused-ring (bicyclic) bond motifs is 5. The molecule has 5 aromatic rings. The van der Waals surface area contributed by atoms with E-state index in [0.29, 0.717) is 19.4 Å². The summed E-state index contributed by atoms with van der Waals surface area (Å²) < 4.78 is 3.92. The quantitative estimate of drug-likeness (QED) is 0.0981. The Morgan fingerprint density at radius 2 is 1.40 bits per heavy atom. The van der Waals surface area contributed by atoms with E-state index < -0.39 is 5.97 Å². The molecular formula is C40H37N4O3+. The van der Waals surface area contributed by atoms with Crippen LogP contribution in [0, 0.1) is 0 Å². The highest BCUT2D eigenvalue weighted by atomic mass is 16.4. The smallest absolute Gasteiger partial charge is 0.303 e. The molecule has 1 aliphatic rings. The van der Waals surface area contributed by atoms with E-state index in [0.717, 1.165) is 50.4 Å². The molecule has 1 N–H and O–H groups in total. The first kappa shape index (κ1) is 31.2. The maximum atomic E-state index is 13.6. The van der Waals surface area contributed by atoms with E-state index in [4.69, 9.17) is 10.2 Å². The fourth-order valence-electron chi connectivity index (χ4n) is 5.72. The van der Waals surface area contributed by atoms with Crippen molar-refractivity contribution in [1.29, 1.82) is 0 Å². The van der Waals surface area contributed by atoms with E-state index in [1.807, 2.05) is 107 Å². The van der Waals surface area contributed by atoms with Gasteiger partial charge in [-0.3, -0.25) is 9.59 Å². The molecule has 2 aromatic heterocycles. The number of para-hydroxylation sites is 1. The second kappa shape index (κ2) is 14.5. The molecule has 0 radical (unpaired) electrons. The number of aliphatic carboxylic acids is 1. The summed E-state index contributed by atoms with van der Waals surface area (Å²) in [5.74, 6) is -0.860. The summed E-state index contributed by atoms with van der Waals surface area (Å²) in [5, 5.41) is 14.1. The molecule has 234 valence electrons. The van der Waals surface area contributed by atoms with Gasteiger partial charge in [-0.05, 0) is 47.7 Å². The lowest BCUT2D eigenvalue weighted by Crippen LogP contribution is -2.31. The highest BCUT2D eigenvalue weighted by Crippen LogP contribution is 2.42. The number of carbonyl (C=O) groups is 2. The van der Waals surface area contributed by atoms with Crippen molar-refractivity contribution in [3.63, 3.8) is 0 Å². The highest BCUT2D eigenvalue weighted by Gasteiger charge is 2.27. The number of carboxylic acid groups (broad SMARTS) is 1. The lowest BCUT2D eigenvalue weighted by atomic mass is 9.93. The fourth-order valence-corrected chi connectivity index (χ4v) is 5.72. The van der Waals surface area contributed by atoms with Crippen LogP contribution < -0.4 is 9.47 Å². The third-order valence-corrected chi connectivity index (χ3v) is 8.21. The van der Waals surface area contributed by atoms with Gasteiger partial charge in [-0.15, -0.1) is 0 Å². The first-order chi connectivity index (χ1) is 23.0. The Kier molecular flexibility index (Phi) is 9.63. The number of carboxylic acids is 1. The molecule has 0 bridgehead atoms. The summed E-state index contributed by atoms with van der Waals surface area (Å²) in [7, 11) is 2.00. The average molecular weight is 622 g/mol. The zero-order chi connectivity index (χ0) is 32.6. The largest absolute Gasteiger partial charge is 0.481 e. The number of hydrogen-bond acceptors (Lipinski definition) is 3. The summed E-state index contributed by atoms with van der Waals surface area (Å²) in [6.07, 6.45) is 19.7. The number of carbonyl (C=O) groups excluding carboxylic acids is 1. The molecular weight excluding hydrogens is 584 g/mol. The minimum absolute atomic E-state index is 0.0200. The number of aromatic nitrogens is 3. The maximum Gasteiger partial charge on any atom is 0.303 e. The molecule has 0 saturated carbocycles. The molecule has 7 nitrogen and oxygen atoms in total. The van der Waals surface area contributed by atoms with E-state index in [2.05, 4.69) is 54.6 Å². The Morgan fingerprint density at radius 1 is 0.766 bits per heavy atom. The minimum atomic E-state index is -0.840. The molecule has 3 aromatic carbocycles. The third-order valence-electron chi connectivity index (χ3n) is 8.21. The van der Waals surface area contributed by atoms with Gasteiger partial charge in [0, 0.05) is 47.9 Å². The van der Waals surface area contributed by atoms with Gasteiger partial charge in [0.2, 0.25) is 5.91 Å². The van der Waals surface area contributed by atoms with Crippen molar-refractivity contribution in [3.05, 3.63) is 145 Å². The Morgan fingerprint density at radius 3 is 2.13 bits per heavy atom. The number of unbranched alkanes of at least 4 members (excludes halogenated alkanes) is 1.